The number of thiophene rings is 1. The van der Waals surface area contributed by atoms with E-state index in [2.05, 4.69) is 9.24 Å². The molecule has 0 aromatic carbocycles. The van der Waals surface area contributed by atoms with E-state index < -0.39 is 5.97 Å². The molecule has 0 saturated heterocycles. The van der Waals surface area contributed by atoms with Crippen molar-refractivity contribution in [2.24, 2.45) is 0 Å². The van der Waals surface area contributed by atoms with Crippen molar-refractivity contribution in [3.05, 3.63) is 16.5 Å². The van der Waals surface area contributed by atoms with Crippen LogP contribution in [0.4, 0.5) is 0 Å². The van der Waals surface area contributed by atoms with E-state index >= 15 is 0 Å². The molecule has 0 aliphatic heterocycles. The zero-order valence-corrected chi connectivity index (χ0v) is 7.39. The van der Waals surface area contributed by atoms with Crippen LogP contribution in [0.15, 0.2) is 6.07 Å². The van der Waals surface area contributed by atoms with E-state index in [-0.39, 0.29) is 0 Å². The van der Waals surface area contributed by atoms with Crippen molar-refractivity contribution in [1.82, 2.24) is 0 Å². The van der Waals surface area contributed by atoms with Gasteiger partial charge in [0.25, 0.3) is 0 Å². The molecule has 0 aliphatic carbocycles. The van der Waals surface area contributed by atoms with E-state index in [0.717, 1.165) is 10.2 Å². The highest BCUT2D eigenvalue weighted by Gasteiger charge is 2.07. The number of carboxylic acid groups (broad SMARTS) is 1. The van der Waals surface area contributed by atoms with Gasteiger partial charge in [-0.3, -0.25) is 0 Å². The number of carbonyl (C=O) groups is 1. The summed E-state index contributed by atoms with van der Waals surface area (Å²) in [6, 6.07) is 1.68. The van der Waals surface area contributed by atoms with E-state index in [0.29, 0.717) is 4.88 Å². The summed E-state index contributed by atoms with van der Waals surface area (Å²) in [6.07, 6.45) is 0. The van der Waals surface area contributed by atoms with Crippen molar-refractivity contribution in [2.45, 2.75) is 6.92 Å². The smallest absolute Gasteiger partial charge is 0.345 e. The molecule has 1 heterocycles. The fourth-order valence-electron chi connectivity index (χ4n) is 0.602. The van der Waals surface area contributed by atoms with Crippen LogP contribution in [0.5, 0.6) is 0 Å². The summed E-state index contributed by atoms with van der Waals surface area (Å²) in [5.74, 6) is -0.846. The largest absolute Gasteiger partial charge is 0.477 e. The summed E-state index contributed by atoms with van der Waals surface area (Å²) in [4.78, 5) is 10.8. The lowest BCUT2D eigenvalue weighted by atomic mass is 10.3. The van der Waals surface area contributed by atoms with E-state index in [1.807, 2.05) is 6.92 Å². The third-order valence-electron chi connectivity index (χ3n) is 1.17. The van der Waals surface area contributed by atoms with E-state index in [1.165, 1.54) is 11.3 Å². The van der Waals surface area contributed by atoms with Crippen LogP contribution in [0.2, 0.25) is 0 Å². The molecule has 1 atom stereocenters. The Labute approximate surface area is 65.1 Å². The maximum atomic E-state index is 10.4. The second-order valence-electron chi connectivity index (χ2n) is 1.96. The van der Waals surface area contributed by atoms with Gasteiger partial charge in [0.1, 0.15) is 4.88 Å². The average Bonchev–Trinajstić information content (AvgIpc) is 2.13. The first-order chi connectivity index (χ1) is 4.61. The Kier molecular flexibility index (Phi) is 2.07. The van der Waals surface area contributed by atoms with Gasteiger partial charge in [0.05, 0.1) is 0 Å². The molecule has 0 bridgehead atoms. The van der Waals surface area contributed by atoms with Gasteiger partial charge in [-0.15, -0.1) is 11.3 Å². The second kappa shape index (κ2) is 2.69. The monoisotopic (exact) mass is 174 g/mol. The van der Waals surface area contributed by atoms with Crippen LogP contribution in [0, 0.1) is 6.92 Å². The summed E-state index contributed by atoms with van der Waals surface area (Å²) in [5.41, 5.74) is 1.02. The normalized spacial score (nSPS) is 9.80. The number of rotatable bonds is 1. The minimum Gasteiger partial charge on any atom is -0.477 e. The van der Waals surface area contributed by atoms with Crippen molar-refractivity contribution in [3.8, 4) is 0 Å². The topological polar surface area (TPSA) is 37.3 Å². The van der Waals surface area contributed by atoms with Crippen LogP contribution in [0.3, 0.4) is 0 Å². The third-order valence-corrected chi connectivity index (χ3v) is 3.03. The van der Waals surface area contributed by atoms with Gasteiger partial charge in [-0.25, -0.2) is 4.79 Å². The summed E-state index contributed by atoms with van der Waals surface area (Å²) in [5, 5.41) is 8.52. The van der Waals surface area contributed by atoms with Gasteiger partial charge in [-0.1, -0.05) is 9.24 Å². The van der Waals surface area contributed by atoms with Crippen molar-refractivity contribution in [2.75, 3.05) is 0 Å². The Morgan fingerprint density at radius 2 is 2.40 bits per heavy atom. The highest BCUT2D eigenvalue weighted by molar-refractivity contribution is 7.44. The Morgan fingerprint density at radius 1 is 1.80 bits per heavy atom. The van der Waals surface area contributed by atoms with Gasteiger partial charge >= 0.3 is 5.97 Å². The van der Waals surface area contributed by atoms with Gasteiger partial charge in [-0.05, 0) is 18.6 Å². The molecule has 0 aliphatic rings. The maximum Gasteiger partial charge on any atom is 0.345 e. The summed E-state index contributed by atoms with van der Waals surface area (Å²) in [6.45, 7) is 1.89. The molecule has 1 aromatic rings. The van der Waals surface area contributed by atoms with E-state index in [1.54, 1.807) is 6.07 Å². The van der Waals surface area contributed by atoms with E-state index in [9.17, 15) is 4.79 Å². The molecular formula is C6H7O2PS. The molecule has 0 fully saturated rings. The van der Waals surface area contributed by atoms with E-state index in [4.69, 9.17) is 5.11 Å². The molecule has 0 saturated carbocycles. The molecule has 1 aromatic heterocycles. The van der Waals surface area contributed by atoms with Gasteiger partial charge in [0.15, 0.2) is 0 Å². The average molecular weight is 174 g/mol. The Bertz CT molecular complexity index is 247. The zero-order chi connectivity index (χ0) is 7.72. The molecule has 1 rings (SSSR count). The van der Waals surface area contributed by atoms with Crippen LogP contribution in [0.1, 0.15) is 15.2 Å². The van der Waals surface area contributed by atoms with Gasteiger partial charge < -0.3 is 5.11 Å². The van der Waals surface area contributed by atoms with Crippen LogP contribution in [-0.4, -0.2) is 11.1 Å². The zero-order valence-electron chi connectivity index (χ0n) is 5.42. The number of aryl methyl sites for hydroxylation is 1. The van der Waals surface area contributed by atoms with Crippen LogP contribution < -0.4 is 4.62 Å². The van der Waals surface area contributed by atoms with Crippen molar-refractivity contribution in [1.29, 1.82) is 0 Å². The van der Waals surface area contributed by atoms with Crippen LogP contribution >= 0.6 is 20.6 Å². The lowest BCUT2D eigenvalue weighted by Gasteiger charge is -1.80. The lowest BCUT2D eigenvalue weighted by Crippen LogP contribution is -1.89. The first-order valence-corrected chi connectivity index (χ1v) is 4.10. The number of aromatic carboxylic acids is 1. The number of hydrogen-bond acceptors (Lipinski definition) is 2. The quantitative estimate of drug-likeness (QED) is 0.650. The third kappa shape index (κ3) is 1.36. The first-order valence-electron chi connectivity index (χ1n) is 2.70. The Morgan fingerprint density at radius 3 is 2.60 bits per heavy atom. The minimum absolute atomic E-state index is 0.405. The Hall–Kier alpha value is -0.400. The first kappa shape index (κ1) is 7.70. The molecular weight excluding hydrogens is 167 g/mol. The SMILES string of the molecule is Cc1cc(C(=O)O)sc1P. The number of hydrogen-bond donors (Lipinski definition) is 1. The summed E-state index contributed by atoms with van der Waals surface area (Å²) < 4.78 is 0.998. The summed E-state index contributed by atoms with van der Waals surface area (Å²) in [7, 11) is 2.51. The second-order valence-corrected chi connectivity index (χ2v) is 4.04. The predicted molar refractivity (Wildman–Crippen MR) is 45.4 cm³/mol. The van der Waals surface area contributed by atoms with Gasteiger partial charge in [0, 0.05) is 4.62 Å². The molecule has 4 heteroatoms. The number of carboxylic acids is 1. The van der Waals surface area contributed by atoms with Crippen molar-refractivity contribution >= 4 is 31.2 Å². The predicted octanol–water partition coefficient (Wildman–Crippen LogP) is 1.26. The molecule has 1 unspecified atom stereocenters. The molecule has 2 nitrogen and oxygen atoms in total. The molecule has 0 spiro atoms. The highest BCUT2D eigenvalue weighted by Crippen LogP contribution is 2.13. The minimum atomic E-state index is -0.846. The van der Waals surface area contributed by atoms with Gasteiger partial charge in [-0.2, -0.15) is 0 Å². The van der Waals surface area contributed by atoms with Crippen molar-refractivity contribution in [3.63, 3.8) is 0 Å². The molecule has 0 amide bonds. The van der Waals surface area contributed by atoms with Crippen molar-refractivity contribution < 1.29 is 9.90 Å². The molecule has 0 radical (unpaired) electrons. The molecule has 10 heavy (non-hydrogen) atoms. The fourth-order valence-corrected chi connectivity index (χ4v) is 1.85. The maximum absolute atomic E-state index is 10.4. The lowest BCUT2D eigenvalue weighted by molar-refractivity contribution is 0.0702. The standard InChI is InChI=1S/C6H7O2PS/c1-3-2-4(5(7)8)10-6(3)9/h2H,9H2,1H3,(H,7,8). The molecule has 1 N–H and O–H groups in total. The Balaban J connectivity index is 3.10. The van der Waals surface area contributed by atoms with Crippen LogP contribution in [0.25, 0.3) is 0 Å². The van der Waals surface area contributed by atoms with Gasteiger partial charge in [0.2, 0.25) is 0 Å². The van der Waals surface area contributed by atoms with Crippen LogP contribution in [-0.2, 0) is 0 Å². The molecule has 54 valence electrons. The fraction of sp³-hybridized carbons (Fsp3) is 0.167. The highest BCUT2D eigenvalue weighted by atomic mass is 32.1. The summed E-state index contributed by atoms with van der Waals surface area (Å²) >= 11 is 1.29.